The molecular weight excluding hydrogens is 420 g/mol. The zero-order valence-corrected chi connectivity index (χ0v) is 19.2. The molecule has 1 fully saturated rings. The van der Waals surface area contributed by atoms with Crippen LogP contribution in [0.15, 0.2) is 48.5 Å². The van der Waals surface area contributed by atoms with Crippen molar-refractivity contribution in [1.29, 1.82) is 0 Å². The van der Waals surface area contributed by atoms with Crippen molar-refractivity contribution in [3.8, 4) is 11.1 Å². The molecule has 0 saturated carbocycles. The van der Waals surface area contributed by atoms with E-state index < -0.39 is 23.4 Å². The SMILES string of the molecule is C[C@@H]1CN(C(=O)C(C)(C)CNC(=O)OCC2c3ccccc3-c3ccccc32)C[C@H]1C(=O)O. The number of carbonyl (C=O) groups excluding carboxylic acids is 2. The summed E-state index contributed by atoms with van der Waals surface area (Å²) in [6, 6.07) is 16.3. The Morgan fingerprint density at radius 2 is 1.61 bits per heavy atom. The Kier molecular flexibility index (Phi) is 6.15. The van der Waals surface area contributed by atoms with E-state index in [2.05, 4.69) is 29.6 Å². The number of fused-ring (bicyclic) bond motifs is 3. The topological polar surface area (TPSA) is 95.9 Å². The van der Waals surface area contributed by atoms with Crippen molar-refractivity contribution in [2.45, 2.75) is 26.7 Å². The lowest BCUT2D eigenvalue weighted by Gasteiger charge is -2.29. The van der Waals surface area contributed by atoms with Crippen LogP contribution in [0.5, 0.6) is 0 Å². The monoisotopic (exact) mass is 450 g/mol. The molecule has 0 aromatic heterocycles. The van der Waals surface area contributed by atoms with Crippen molar-refractivity contribution < 1.29 is 24.2 Å². The Morgan fingerprint density at radius 1 is 1.03 bits per heavy atom. The number of hydrogen-bond acceptors (Lipinski definition) is 4. The highest BCUT2D eigenvalue weighted by molar-refractivity contribution is 5.84. The van der Waals surface area contributed by atoms with Crippen LogP contribution in [0.25, 0.3) is 11.1 Å². The van der Waals surface area contributed by atoms with Gasteiger partial charge >= 0.3 is 12.1 Å². The van der Waals surface area contributed by atoms with E-state index >= 15 is 0 Å². The molecule has 0 unspecified atom stereocenters. The number of likely N-dealkylation sites (tertiary alicyclic amines) is 1. The van der Waals surface area contributed by atoms with Crippen LogP contribution < -0.4 is 5.32 Å². The zero-order valence-electron chi connectivity index (χ0n) is 19.2. The summed E-state index contributed by atoms with van der Waals surface area (Å²) in [4.78, 5) is 38.4. The predicted octanol–water partition coefficient (Wildman–Crippen LogP) is 3.73. The predicted molar refractivity (Wildman–Crippen MR) is 124 cm³/mol. The fourth-order valence-electron chi connectivity index (χ4n) is 4.90. The van der Waals surface area contributed by atoms with Gasteiger partial charge in [0.2, 0.25) is 5.91 Å². The summed E-state index contributed by atoms with van der Waals surface area (Å²) in [7, 11) is 0. The lowest BCUT2D eigenvalue weighted by atomic mass is 9.91. The number of nitrogens with one attached hydrogen (secondary N) is 1. The Labute approximate surface area is 193 Å². The van der Waals surface area contributed by atoms with Crippen LogP contribution in [0.1, 0.15) is 37.8 Å². The lowest BCUT2D eigenvalue weighted by molar-refractivity contribution is -0.143. The third-order valence-electron chi connectivity index (χ3n) is 6.81. The standard InChI is InChI=1S/C26H30N2O5/c1-16-12-28(13-21(16)23(29)30)24(31)26(2,3)15-27-25(32)33-14-22-19-10-6-4-8-17(19)18-9-5-7-11-20(18)22/h4-11,16,21-22H,12-15H2,1-3H3,(H,27,32)(H,29,30)/t16-,21-/m1/s1. The van der Waals surface area contributed by atoms with E-state index in [4.69, 9.17) is 4.74 Å². The highest BCUT2D eigenvalue weighted by atomic mass is 16.5. The average Bonchev–Trinajstić information content (AvgIpc) is 3.34. The molecule has 1 aliphatic heterocycles. The fourth-order valence-corrected chi connectivity index (χ4v) is 4.90. The minimum Gasteiger partial charge on any atom is -0.481 e. The normalized spacial score (nSPS) is 19.7. The van der Waals surface area contributed by atoms with Crippen LogP contribution in [-0.4, -0.2) is 54.2 Å². The number of alkyl carbamates (subject to hydrolysis) is 1. The third kappa shape index (κ3) is 4.45. The molecule has 1 aliphatic carbocycles. The molecule has 2 aromatic rings. The molecule has 33 heavy (non-hydrogen) atoms. The second kappa shape index (κ2) is 8.89. The van der Waals surface area contributed by atoms with Crippen molar-refractivity contribution in [1.82, 2.24) is 10.2 Å². The van der Waals surface area contributed by atoms with E-state index in [1.165, 1.54) is 0 Å². The van der Waals surface area contributed by atoms with Gasteiger partial charge in [0, 0.05) is 25.6 Å². The maximum absolute atomic E-state index is 13.0. The van der Waals surface area contributed by atoms with Crippen molar-refractivity contribution >= 4 is 18.0 Å². The van der Waals surface area contributed by atoms with E-state index in [0.717, 1.165) is 22.3 Å². The lowest BCUT2D eigenvalue weighted by Crippen LogP contribution is -2.46. The van der Waals surface area contributed by atoms with Gasteiger partial charge in [-0.3, -0.25) is 9.59 Å². The molecule has 174 valence electrons. The molecule has 2 aromatic carbocycles. The van der Waals surface area contributed by atoms with Gasteiger partial charge in [0.05, 0.1) is 11.3 Å². The van der Waals surface area contributed by atoms with Gasteiger partial charge in [-0.2, -0.15) is 0 Å². The number of carbonyl (C=O) groups is 3. The molecule has 4 rings (SSSR count). The van der Waals surface area contributed by atoms with E-state index in [9.17, 15) is 19.5 Å². The molecule has 0 bridgehead atoms. The van der Waals surface area contributed by atoms with Crippen LogP contribution >= 0.6 is 0 Å². The van der Waals surface area contributed by atoms with Crippen molar-refractivity contribution in [2.75, 3.05) is 26.2 Å². The summed E-state index contributed by atoms with van der Waals surface area (Å²) in [5.74, 6) is -1.74. The molecule has 2 amide bonds. The molecule has 1 heterocycles. The van der Waals surface area contributed by atoms with Gasteiger partial charge in [0.1, 0.15) is 6.61 Å². The average molecular weight is 451 g/mol. The number of amides is 2. The molecule has 1 saturated heterocycles. The highest BCUT2D eigenvalue weighted by Crippen LogP contribution is 2.44. The Balaban J connectivity index is 1.33. The van der Waals surface area contributed by atoms with E-state index in [-0.39, 0.29) is 37.4 Å². The quantitative estimate of drug-likeness (QED) is 0.699. The number of aliphatic carboxylic acids is 1. The second-order valence-corrected chi connectivity index (χ2v) is 9.70. The maximum Gasteiger partial charge on any atom is 0.407 e. The summed E-state index contributed by atoms with van der Waals surface area (Å²) in [5.41, 5.74) is 3.72. The second-order valence-electron chi connectivity index (χ2n) is 9.70. The number of rotatable bonds is 6. The first kappa shape index (κ1) is 22.8. The van der Waals surface area contributed by atoms with Crippen LogP contribution in [0.4, 0.5) is 4.79 Å². The third-order valence-corrected chi connectivity index (χ3v) is 6.81. The highest BCUT2D eigenvalue weighted by Gasteiger charge is 2.41. The first-order chi connectivity index (χ1) is 15.7. The minimum atomic E-state index is -0.882. The van der Waals surface area contributed by atoms with Gasteiger partial charge in [-0.05, 0) is 42.0 Å². The Morgan fingerprint density at radius 3 is 2.15 bits per heavy atom. The fraction of sp³-hybridized carbons (Fsp3) is 0.423. The number of carboxylic acids is 1. The van der Waals surface area contributed by atoms with E-state index in [1.54, 1.807) is 18.7 Å². The van der Waals surface area contributed by atoms with Crippen LogP contribution in [0, 0.1) is 17.3 Å². The molecule has 2 atom stereocenters. The molecule has 2 N–H and O–H groups in total. The number of benzene rings is 2. The van der Waals surface area contributed by atoms with Crippen molar-refractivity contribution in [3.63, 3.8) is 0 Å². The smallest absolute Gasteiger partial charge is 0.407 e. The van der Waals surface area contributed by atoms with Crippen LogP contribution in [-0.2, 0) is 14.3 Å². The van der Waals surface area contributed by atoms with Gasteiger partial charge in [0.15, 0.2) is 0 Å². The molecule has 0 spiro atoms. The van der Waals surface area contributed by atoms with Gasteiger partial charge in [-0.1, -0.05) is 55.5 Å². The van der Waals surface area contributed by atoms with Crippen molar-refractivity contribution in [2.24, 2.45) is 17.3 Å². The number of ether oxygens (including phenoxy) is 1. The van der Waals surface area contributed by atoms with E-state index in [0.29, 0.717) is 6.54 Å². The number of carboxylic acid groups (broad SMARTS) is 1. The maximum atomic E-state index is 13.0. The molecule has 7 nitrogen and oxygen atoms in total. The largest absolute Gasteiger partial charge is 0.481 e. The van der Waals surface area contributed by atoms with Gasteiger partial charge in [-0.15, -0.1) is 0 Å². The Hall–Kier alpha value is -3.35. The molecule has 2 aliphatic rings. The number of hydrogen-bond donors (Lipinski definition) is 2. The summed E-state index contributed by atoms with van der Waals surface area (Å²) in [6.45, 7) is 6.25. The summed E-state index contributed by atoms with van der Waals surface area (Å²) >= 11 is 0. The first-order valence-corrected chi connectivity index (χ1v) is 11.3. The summed E-state index contributed by atoms with van der Waals surface area (Å²) in [5, 5.41) is 12.0. The minimum absolute atomic E-state index is 0.0307. The molecule has 7 heteroatoms. The molecular formula is C26H30N2O5. The zero-order chi connectivity index (χ0) is 23.8. The van der Waals surface area contributed by atoms with Crippen molar-refractivity contribution in [3.05, 3.63) is 59.7 Å². The number of nitrogens with zero attached hydrogens (tertiary/aromatic N) is 1. The van der Waals surface area contributed by atoms with Crippen LogP contribution in [0.3, 0.4) is 0 Å². The van der Waals surface area contributed by atoms with E-state index in [1.807, 2.05) is 31.2 Å². The van der Waals surface area contributed by atoms with Gasteiger partial charge in [0.25, 0.3) is 0 Å². The Bertz CT molecular complexity index is 1030. The molecule has 0 radical (unpaired) electrons. The van der Waals surface area contributed by atoms with Crippen LogP contribution in [0.2, 0.25) is 0 Å². The first-order valence-electron chi connectivity index (χ1n) is 11.3. The summed E-state index contributed by atoms with van der Waals surface area (Å²) in [6.07, 6.45) is -0.573. The summed E-state index contributed by atoms with van der Waals surface area (Å²) < 4.78 is 5.55. The van der Waals surface area contributed by atoms with Gasteiger partial charge in [-0.25, -0.2) is 4.79 Å². The van der Waals surface area contributed by atoms with Gasteiger partial charge < -0.3 is 20.1 Å².